The van der Waals surface area contributed by atoms with Crippen molar-refractivity contribution in [1.29, 1.82) is 0 Å². The lowest BCUT2D eigenvalue weighted by Gasteiger charge is -2.35. The molecule has 1 saturated carbocycles. The van der Waals surface area contributed by atoms with Gasteiger partial charge in [0.2, 0.25) is 0 Å². The van der Waals surface area contributed by atoms with Crippen LogP contribution in [0.25, 0.3) is 0 Å². The number of benzene rings is 1. The van der Waals surface area contributed by atoms with Gasteiger partial charge in [-0.25, -0.2) is 0 Å². The molecule has 0 radical (unpaired) electrons. The lowest BCUT2D eigenvalue weighted by atomic mass is 9.67. The zero-order valence-electron chi connectivity index (χ0n) is 7.74. The fourth-order valence-corrected chi connectivity index (χ4v) is 3.70. The lowest BCUT2D eigenvalue weighted by molar-refractivity contribution is 0.361. The molecule has 0 aromatic heterocycles. The molecule has 3 aliphatic carbocycles. The molecule has 0 spiro atoms. The molecular formula is C12H11ClO. The molecule has 0 N–H and O–H groups in total. The van der Waals surface area contributed by atoms with Crippen LogP contribution >= 0.6 is 11.6 Å². The second-order valence-electron chi connectivity index (χ2n) is 4.60. The van der Waals surface area contributed by atoms with Crippen LogP contribution in [0.1, 0.15) is 35.8 Å². The van der Waals surface area contributed by atoms with Crippen LogP contribution in [0.15, 0.2) is 18.2 Å². The molecule has 5 rings (SSSR count). The van der Waals surface area contributed by atoms with Crippen molar-refractivity contribution in [2.75, 3.05) is 0 Å². The summed E-state index contributed by atoms with van der Waals surface area (Å²) >= 11 is 6.26. The number of epoxide rings is 1. The molecule has 2 heteroatoms. The van der Waals surface area contributed by atoms with Crippen LogP contribution in [0.4, 0.5) is 0 Å². The van der Waals surface area contributed by atoms with Crippen LogP contribution in [0.2, 0.25) is 5.02 Å². The topological polar surface area (TPSA) is 12.5 Å². The Morgan fingerprint density at radius 1 is 1.14 bits per heavy atom. The van der Waals surface area contributed by atoms with E-state index in [-0.39, 0.29) is 0 Å². The van der Waals surface area contributed by atoms with Crippen LogP contribution < -0.4 is 0 Å². The first kappa shape index (κ1) is 7.72. The van der Waals surface area contributed by atoms with E-state index < -0.39 is 0 Å². The predicted molar refractivity (Wildman–Crippen MR) is 54.8 cm³/mol. The smallest absolute Gasteiger partial charge is 0.0917 e. The Kier molecular flexibility index (Phi) is 1.29. The summed E-state index contributed by atoms with van der Waals surface area (Å²) in [4.78, 5) is 0. The third-order valence-corrected chi connectivity index (χ3v) is 4.33. The molecule has 1 aromatic carbocycles. The standard InChI is InChI=1S/C12H11ClO/c13-9-3-1-2-6-7-4-5-8(10(6)9)12-11(7)14-12/h1-3,7-8,11-12H,4-5H2. The van der Waals surface area contributed by atoms with Crippen molar-refractivity contribution in [2.45, 2.75) is 36.9 Å². The molecule has 1 aromatic rings. The average Bonchev–Trinajstić information content (AvgIpc) is 2.98. The van der Waals surface area contributed by atoms with Gasteiger partial charge >= 0.3 is 0 Å². The summed E-state index contributed by atoms with van der Waals surface area (Å²) in [5.74, 6) is 1.23. The highest BCUT2D eigenvalue weighted by Gasteiger charge is 2.58. The first-order valence-corrected chi connectivity index (χ1v) is 5.68. The predicted octanol–water partition coefficient (Wildman–Crippen LogP) is 3.08. The maximum atomic E-state index is 6.26. The fraction of sp³-hybridized carbons (Fsp3) is 0.500. The molecule has 1 saturated heterocycles. The third-order valence-electron chi connectivity index (χ3n) is 4.00. The zero-order chi connectivity index (χ0) is 9.28. The molecule has 4 unspecified atom stereocenters. The summed E-state index contributed by atoms with van der Waals surface area (Å²) in [5.41, 5.74) is 2.86. The highest BCUT2D eigenvalue weighted by atomic mass is 35.5. The Labute approximate surface area is 88.0 Å². The van der Waals surface area contributed by atoms with Gasteiger partial charge in [0, 0.05) is 16.9 Å². The monoisotopic (exact) mass is 206 g/mol. The minimum absolute atomic E-state index is 0.501. The van der Waals surface area contributed by atoms with Crippen molar-refractivity contribution in [3.05, 3.63) is 34.3 Å². The number of rotatable bonds is 0. The molecule has 1 nitrogen and oxygen atoms in total. The van der Waals surface area contributed by atoms with E-state index in [2.05, 4.69) is 12.1 Å². The van der Waals surface area contributed by atoms with Crippen molar-refractivity contribution >= 4 is 11.6 Å². The van der Waals surface area contributed by atoms with Crippen molar-refractivity contribution in [1.82, 2.24) is 0 Å². The molecule has 4 atom stereocenters. The van der Waals surface area contributed by atoms with E-state index in [4.69, 9.17) is 16.3 Å². The second kappa shape index (κ2) is 2.34. The Hall–Kier alpha value is -0.530. The normalized spacial score (nSPS) is 41.8. The van der Waals surface area contributed by atoms with Gasteiger partial charge in [0.1, 0.15) is 0 Å². The number of halogens is 1. The minimum Gasteiger partial charge on any atom is -0.368 e. The molecule has 1 heterocycles. The van der Waals surface area contributed by atoms with Crippen LogP contribution in [0, 0.1) is 0 Å². The van der Waals surface area contributed by atoms with Gasteiger partial charge < -0.3 is 4.74 Å². The molecular weight excluding hydrogens is 196 g/mol. The highest BCUT2D eigenvalue weighted by Crippen LogP contribution is 2.60. The fourth-order valence-electron chi connectivity index (χ4n) is 3.38. The Morgan fingerprint density at radius 3 is 2.86 bits per heavy atom. The van der Waals surface area contributed by atoms with Gasteiger partial charge in [0.15, 0.2) is 0 Å². The molecule has 2 bridgehead atoms. The zero-order valence-corrected chi connectivity index (χ0v) is 8.50. The van der Waals surface area contributed by atoms with Gasteiger partial charge in [-0.3, -0.25) is 0 Å². The summed E-state index contributed by atoms with van der Waals surface area (Å²) < 4.78 is 5.74. The maximum Gasteiger partial charge on any atom is 0.0917 e. The second-order valence-corrected chi connectivity index (χ2v) is 5.01. The average molecular weight is 207 g/mol. The number of hydrogen-bond acceptors (Lipinski definition) is 1. The molecule has 4 aliphatic rings. The quantitative estimate of drug-likeness (QED) is 0.595. The SMILES string of the molecule is Clc1cccc2c1C1CCC2C2OC12. The van der Waals surface area contributed by atoms with Crippen molar-refractivity contribution < 1.29 is 4.74 Å². The largest absolute Gasteiger partial charge is 0.368 e. The first-order valence-electron chi connectivity index (χ1n) is 5.30. The summed E-state index contributed by atoms with van der Waals surface area (Å²) in [6, 6.07) is 6.31. The summed E-state index contributed by atoms with van der Waals surface area (Å²) in [7, 11) is 0. The van der Waals surface area contributed by atoms with E-state index in [1.807, 2.05) is 6.07 Å². The molecule has 72 valence electrons. The van der Waals surface area contributed by atoms with Gasteiger partial charge in [0.25, 0.3) is 0 Å². The summed E-state index contributed by atoms with van der Waals surface area (Å²) in [6.45, 7) is 0. The van der Waals surface area contributed by atoms with Crippen molar-refractivity contribution in [3.63, 3.8) is 0 Å². The van der Waals surface area contributed by atoms with Crippen LogP contribution in [-0.4, -0.2) is 12.2 Å². The van der Waals surface area contributed by atoms with Gasteiger partial charge in [0.05, 0.1) is 12.2 Å². The van der Waals surface area contributed by atoms with E-state index in [1.54, 1.807) is 0 Å². The van der Waals surface area contributed by atoms with E-state index in [1.165, 1.54) is 24.0 Å². The Morgan fingerprint density at radius 2 is 1.93 bits per heavy atom. The highest BCUT2D eigenvalue weighted by molar-refractivity contribution is 6.31. The van der Waals surface area contributed by atoms with Gasteiger partial charge in [-0.05, 0) is 30.0 Å². The third kappa shape index (κ3) is 0.768. The molecule has 0 amide bonds. The summed E-state index contributed by atoms with van der Waals surface area (Å²) in [6.07, 6.45) is 3.59. The lowest BCUT2D eigenvalue weighted by Crippen LogP contribution is -2.29. The van der Waals surface area contributed by atoms with Crippen LogP contribution in [-0.2, 0) is 4.74 Å². The van der Waals surface area contributed by atoms with Gasteiger partial charge in [-0.15, -0.1) is 0 Å². The van der Waals surface area contributed by atoms with Crippen molar-refractivity contribution in [2.24, 2.45) is 0 Å². The first-order chi connectivity index (χ1) is 6.86. The van der Waals surface area contributed by atoms with Crippen LogP contribution in [0.5, 0.6) is 0 Å². The van der Waals surface area contributed by atoms with Gasteiger partial charge in [-0.2, -0.15) is 0 Å². The Balaban J connectivity index is 2.00. The number of hydrogen-bond donors (Lipinski definition) is 0. The minimum atomic E-state index is 0.501. The molecule has 2 fully saturated rings. The Bertz CT molecular complexity index is 415. The van der Waals surface area contributed by atoms with E-state index in [9.17, 15) is 0 Å². The van der Waals surface area contributed by atoms with E-state index in [0.29, 0.717) is 24.0 Å². The molecule has 1 aliphatic heterocycles. The van der Waals surface area contributed by atoms with E-state index >= 15 is 0 Å². The summed E-state index contributed by atoms with van der Waals surface area (Å²) in [5, 5.41) is 0.950. The number of ether oxygens (including phenoxy) is 1. The molecule has 14 heavy (non-hydrogen) atoms. The van der Waals surface area contributed by atoms with Crippen molar-refractivity contribution in [3.8, 4) is 0 Å². The van der Waals surface area contributed by atoms with E-state index in [0.717, 1.165) is 5.02 Å². The maximum absolute atomic E-state index is 6.26. The van der Waals surface area contributed by atoms with Crippen LogP contribution in [0.3, 0.4) is 0 Å². The van der Waals surface area contributed by atoms with Gasteiger partial charge in [-0.1, -0.05) is 23.7 Å². The number of fused-ring (bicyclic) bond motifs is 1.